The molecule has 0 spiro atoms. The Labute approximate surface area is 173 Å². The zero-order chi connectivity index (χ0) is 19.8. The molecule has 1 atom stereocenters. The van der Waals surface area contributed by atoms with Gasteiger partial charge in [0.1, 0.15) is 23.1 Å². The second kappa shape index (κ2) is 8.14. The van der Waals surface area contributed by atoms with Gasteiger partial charge in [-0.25, -0.2) is 9.97 Å². The number of anilines is 1. The average Bonchev–Trinajstić information content (AvgIpc) is 3.13. The minimum absolute atomic E-state index is 0.410. The molecule has 1 amide bonds. The van der Waals surface area contributed by atoms with Crippen molar-refractivity contribution in [3.63, 3.8) is 0 Å². The quantitative estimate of drug-likeness (QED) is 0.780. The van der Waals surface area contributed by atoms with Crippen LogP contribution in [0, 0.1) is 0 Å². The second-order valence-corrected chi connectivity index (χ2v) is 9.19. The molecule has 2 fully saturated rings. The Hall–Kier alpha value is -1.81. The van der Waals surface area contributed by atoms with Crippen molar-refractivity contribution in [1.29, 1.82) is 0 Å². The van der Waals surface area contributed by atoms with E-state index in [1.54, 1.807) is 17.7 Å². The molecule has 3 aliphatic rings. The zero-order valence-corrected chi connectivity index (χ0v) is 17.2. The Morgan fingerprint density at radius 2 is 2.00 bits per heavy atom. The number of nitrogens with two attached hydrogens (primary N) is 1. The standard InChI is InChI=1S/C20H27N5O3S/c21-18(26)15-9-14-16(10-28-15)29-20-17(14)19(22-11-23-20)24-12-1-3-13(4-2-12)25-5-7-27-8-6-25/h11-13,15H,1-10H2,(H2,21,26)(H,22,23,24). The molecule has 156 valence electrons. The number of hydrogen-bond donors (Lipinski definition) is 2. The molecule has 8 nitrogen and oxygen atoms in total. The van der Waals surface area contributed by atoms with Crippen molar-refractivity contribution in [2.75, 3.05) is 31.6 Å². The molecular weight excluding hydrogens is 390 g/mol. The Balaban J connectivity index is 1.31. The van der Waals surface area contributed by atoms with Gasteiger partial charge >= 0.3 is 0 Å². The van der Waals surface area contributed by atoms with Crippen LogP contribution in [-0.2, 0) is 27.3 Å². The van der Waals surface area contributed by atoms with E-state index in [0.29, 0.717) is 25.1 Å². The van der Waals surface area contributed by atoms with Gasteiger partial charge in [-0.05, 0) is 31.2 Å². The summed E-state index contributed by atoms with van der Waals surface area (Å²) in [7, 11) is 0. The lowest BCUT2D eigenvalue weighted by atomic mass is 9.90. The maximum Gasteiger partial charge on any atom is 0.246 e. The summed E-state index contributed by atoms with van der Waals surface area (Å²) in [5.41, 5.74) is 6.60. The van der Waals surface area contributed by atoms with E-state index in [0.717, 1.165) is 65.6 Å². The molecule has 0 bridgehead atoms. The summed E-state index contributed by atoms with van der Waals surface area (Å²) < 4.78 is 11.1. The van der Waals surface area contributed by atoms with Gasteiger partial charge in [-0.15, -0.1) is 11.3 Å². The molecule has 3 N–H and O–H groups in total. The lowest BCUT2D eigenvalue weighted by molar-refractivity contribution is -0.130. The highest BCUT2D eigenvalue weighted by Gasteiger charge is 2.30. The third kappa shape index (κ3) is 3.84. The molecule has 2 aromatic rings. The summed E-state index contributed by atoms with van der Waals surface area (Å²) in [6.07, 6.45) is 6.21. The van der Waals surface area contributed by atoms with Gasteiger partial charge < -0.3 is 20.5 Å². The van der Waals surface area contributed by atoms with Gasteiger partial charge in [-0.2, -0.15) is 0 Å². The molecule has 4 heterocycles. The van der Waals surface area contributed by atoms with Crippen LogP contribution < -0.4 is 11.1 Å². The molecule has 1 aliphatic carbocycles. The number of thiophene rings is 1. The Morgan fingerprint density at radius 3 is 2.76 bits per heavy atom. The van der Waals surface area contributed by atoms with E-state index in [-0.39, 0.29) is 0 Å². The third-order valence-electron chi connectivity index (χ3n) is 6.39. The first-order valence-electron chi connectivity index (χ1n) is 10.4. The zero-order valence-electron chi connectivity index (χ0n) is 16.4. The molecular formula is C20H27N5O3S. The van der Waals surface area contributed by atoms with Crippen molar-refractivity contribution in [1.82, 2.24) is 14.9 Å². The number of nitrogens with zero attached hydrogens (tertiary/aromatic N) is 3. The van der Waals surface area contributed by atoms with Gasteiger partial charge in [-0.3, -0.25) is 9.69 Å². The number of carbonyl (C=O) groups excluding carboxylic acids is 1. The summed E-state index contributed by atoms with van der Waals surface area (Å²) in [6.45, 7) is 4.24. The van der Waals surface area contributed by atoms with Crippen LogP contribution in [0.1, 0.15) is 36.1 Å². The van der Waals surface area contributed by atoms with Crippen LogP contribution in [0.25, 0.3) is 10.2 Å². The molecule has 0 radical (unpaired) electrons. The number of primary amides is 1. The topological polar surface area (TPSA) is 103 Å². The van der Waals surface area contributed by atoms with Crippen LogP contribution in [0.15, 0.2) is 6.33 Å². The van der Waals surface area contributed by atoms with Gasteiger partial charge in [-0.1, -0.05) is 0 Å². The molecule has 0 aromatic carbocycles. The van der Waals surface area contributed by atoms with Crippen LogP contribution in [0.2, 0.25) is 0 Å². The van der Waals surface area contributed by atoms with Gasteiger partial charge in [0.2, 0.25) is 5.91 Å². The number of morpholine rings is 1. The molecule has 9 heteroatoms. The second-order valence-electron chi connectivity index (χ2n) is 8.11. The van der Waals surface area contributed by atoms with E-state index in [1.165, 1.54) is 12.8 Å². The minimum Gasteiger partial charge on any atom is -0.379 e. The van der Waals surface area contributed by atoms with Gasteiger partial charge in [0.15, 0.2) is 0 Å². The normalized spacial score (nSPS) is 28.2. The SMILES string of the molecule is NC(=O)C1Cc2c(sc3ncnc(NC4CCC(N5CCOCC5)CC4)c23)CO1. The fourth-order valence-corrected chi connectivity index (χ4v) is 5.89. The molecule has 29 heavy (non-hydrogen) atoms. The number of ether oxygens (including phenoxy) is 2. The van der Waals surface area contributed by atoms with Crippen molar-refractivity contribution in [2.45, 2.75) is 56.9 Å². The molecule has 5 rings (SSSR count). The van der Waals surface area contributed by atoms with Gasteiger partial charge in [0.05, 0.1) is 25.2 Å². The van der Waals surface area contributed by atoms with Crippen LogP contribution in [0.5, 0.6) is 0 Å². The summed E-state index contributed by atoms with van der Waals surface area (Å²) in [5, 5.41) is 4.72. The number of carbonyl (C=O) groups is 1. The maximum absolute atomic E-state index is 11.6. The number of fused-ring (bicyclic) bond motifs is 3. The third-order valence-corrected chi connectivity index (χ3v) is 7.51. The van der Waals surface area contributed by atoms with E-state index in [4.69, 9.17) is 15.2 Å². The highest BCUT2D eigenvalue weighted by molar-refractivity contribution is 7.18. The fraction of sp³-hybridized carbons (Fsp3) is 0.650. The van der Waals surface area contributed by atoms with Crippen molar-refractivity contribution >= 4 is 33.3 Å². The van der Waals surface area contributed by atoms with Crippen LogP contribution >= 0.6 is 11.3 Å². The van der Waals surface area contributed by atoms with E-state index in [2.05, 4.69) is 20.2 Å². The molecule has 2 aliphatic heterocycles. The van der Waals surface area contributed by atoms with Crippen molar-refractivity contribution in [3.8, 4) is 0 Å². The molecule has 1 saturated heterocycles. The van der Waals surface area contributed by atoms with E-state index >= 15 is 0 Å². The molecule has 1 unspecified atom stereocenters. The fourth-order valence-electron chi connectivity index (χ4n) is 4.80. The highest BCUT2D eigenvalue weighted by Crippen LogP contribution is 2.38. The lowest BCUT2D eigenvalue weighted by Gasteiger charge is -2.39. The Bertz CT molecular complexity index is 890. The number of amides is 1. The van der Waals surface area contributed by atoms with Crippen LogP contribution in [0.4, 0.5) is 5.82 Å². The van der Waals surface area contributed by atoms with Crippen molar-refractivity contribution in [2.24, 2.45) is 5.73 Å². The molecule has 1 saturated carbocycles. The first kappa shape index (κ1) is 19.2. The van der Waals surface area contributed by atoms with E-state index in [9.17, 15) is 4.79 Å². The maximum atomic E-state index is 11.6. The average molecular weight is 418 g/mol. The van der Waals surface area contributed by atoms with Gasteiger partial charge in [0, 0.05) is 36.5 Å². The number of rotatable bonds is 4. The number of hydrogen-bond acceptors (Lipinski definition) is 8. The predicted molar refractivity (Wildman–Crippen MR) is 111 cm³/mol. The largest absolute Gasteiger partial charge is 0.379 e. The van der Waals surface area contributed by atoms with Crippen LogP contribution in [-0.4, -0.2) is 65.3 Å². The van der Waals surface area contributed by atoms with E-state index < -0.39 is 12.0 Å². The van der Waals surface area contributed by atoms with Gasteiger partial charge in [0.25, 0.3) is 0 Å². The highest BCUT2D eigenvalue weighted by atomic mass is 32.1. The molecule has 2 aromatic heterocycles. The first-order chi connectivity index (χ1) is 14.2. The smallest absolute Gasteiger partial charge is 0.246 e. The van der Waals surface area contributed by atoms with Crippen LogP contribution in [0.3, 0.4) is 0 Å². The number of nitrogens with one attached hydrogen (secondary N) is 1. The lowest BCUT2D eigenvalue weighted by Crippen LogP contribution is -2.46. The Morgan fingerprint density at radius 1 is 1.21 bits per heavy atom. The summed E-state index contributed by atoms with van der Waals surface area (Å²) in [6, 6.07) is 1.08. The summed E-state index contributed by atoms with van der Waals surface area (Å²) in [5.74, 6) is 0.468. The predicted octanol–water partition coefficient (Wildman–Crippen LogP) is 1.67. The van der Waals surface area contributed by atoms with Crippen molar-refractivity contribution < 1.29 is 14.3 Å². The Kier molecular flexibility index (Phi) is 5.38. The summed E-state index contributed by atoms with van der Waals surface area (Å²) in [4.78, 5) is 25.3. The summed E-state index contributed by atoms with van der Waals surface area (Å²) >= 11 is 1.62. The minimum atomic E-state index is -0.572. The first-order valence-corrected chi connectivity index (χ1v) is 11.2. The van der Waals surface area contributed by atoms with Crippen molar-refractivity contribution in [3.05, 3.63) is 16.8 Å². The monoisotopic (exact) mass is 417 g/mol. The van der Waals surface area contributed by atoms with E-state index in [1.807, 2.05) is 0 Å². The number of aromatic nitrogens is 2.